The summed E-state index contributed by atoms with van der Waals surface area (Å²) >= 11 is 0. The van der Waals surface area contributed by atoms with Gasteiger partial charge >= 0.3 is 5.97 Å². The number of carboxylic acids is 1. The second kappa shape index (κ2) is 6.29. The molecule has 7 nitrogen and oxygen atoms in total. The van der Waals surface area contributed by atoms with E-state index in [0.29, 0.717) is 11.1 Å². The molecule has 0 aliphatic rings. The number of carbonyl (C=O) groups is 1. The van der Waals surface area contributed by atoms with E-state index in [0.717, 1.165) is 10.2 Å². The summed E-state index contributed by atoms with van der Waals surface area (Å²) < 4.78 is 6.74. The molecule has 2 heterocycles. The molecule has 0 unspecified atom stereocenters. The van der Waals surface area contributed by atoms with Crippen LogP contribution in [0.25, 0.3) is 22.1 Å². The number of oxazole rings is 1. The lowest BCUT2D eigenvalue weighted by molar-refractivity contribution is 0.0690. The first-order chi connectivity index (χ1) is 12.6. The van der Waals surface area contributed by atoms with Crippen molar-refractivity contribution in [2.24, 2.45) is 0 Å². The highest BCUT2D eigenvalue weighted by Crippen LogP contribution is 2.20. The first-order valence-corrected chi connectivity index (χ1v) is 7.87. The van der Waals surface area contributed by atoms with Crippen LogP contribution in [-0.4, -0.2) is 25.8 Å². The van der Waals surface area contributed by atoms with Crippen molar-refractivity contribution < 1.29 is 14.3 Å². The maximum Gasteiger partial charge on any atom is 0.357 e. The molecule has 2 aromatic carbocycles. The van der Waals surface area contributed by atoms with Crippen LogP contribution in [0.1, 0.15) is 16.4 Å². The number of rotatable bonds is 4. The topological polar surface area (TPSA) is 98.2 Å². The highest BCUT2D eigenvalue weighted by molar-refractivity contribution is 6.01. The van der Waals surface area contributed by atoms with Gasteiger partial charge in [0.25, 0.3) is 5.56 Å². The van der Waals surface area contributed by atoms with Gasteiger partial charge in [-0.25, -0.2) is 14.5 Å². The van der Waals surface area contributed by atoms with Crippen LogP contribution in [0, 0.1) is 0 Å². The number of fused-ring (bicyclic) bond motifs is 1. The summed E-state index contributed by atoms with van der Waals surface area (Å²) in [4.78, 5) is 28.3. The normalized spacial score (nSPS) is 10.9. The molecule has 0 radical (unpaired) electrons. The van der Waals surface area contributed by atoms with Crippen LogP contribution in [0.5, 0.6) is 0 Å². The van der Waals surface area contributed by atoms with Crippen molar-refractivity contribution >= 4 is 16.7 Å². The lowest BCUT2D eigenvalue weighted by Crippen LogP contribution is -2.26. The summed E-state index contributed by atoms with van der Waals surface area (Å²) in [6.07, 6.45) is 1.56. The molecule has 1 N–H and O–H groups in total. The number of nitrogens with zero attached hydrogens (tertiary/aromatic N) is 3. The molecule has 0 saturated heterocycles. The second-order valence-corrected chi connectivity index (χ2v) is 5.65. The average molecular weight is 347 g/mol. The van der Waals surface area contributed by atoms with Gasteiger partial charge in [-0.3, -0.25) is 4.79 Å². The van der Waals surface area contributed by atoms with E-state index < -0.39 is 11.5 Å². The zero-order chi connectivity index (χ0) is 18.1. The number of hydrogen-bond acceptors (Lipinski definition) is 5. The summed E-state index contributed by atoms with van der Waals surface area (Å²) in [5.41, 5.74) is 0.274. The highest BCUT2D eigenvalue weighted by atomic mass is 16.4. The predicted octanol–water partition coefficient (Wildman–Crippen LogP) is 2.80. The van der Waals surface area contributed by atoms with E-state index in [-0.39, 0.29) is 23.5 Å². The number of carboxylic acid groups (broad SMARTS) is 1. The Morgan fingerprint density at radius 2 is 1.73 bits per heavy atom. The molecule has 0 aliphatic heterocycles. The molecule has 0 aliphatic carbocycles. The van der Waals surface area contributed by atoms with Crippen LogP contribution in [0.2, 0.25) is 0 Å². The maximum absolute atomic E-state index is 12.6. The van der Waals surface area contributed by atoms with Crippen LogP contribution in [0.3, 0.4) is 0 Å². The minimum atomic E-state index is -1.20. The Bertz CT molecular complexity index is 1160. The fourth-order valence-electron chi connectivity index (χ4n) is 2.75. The molecule has 0 bridgehead atoms. The Morgan fingerprint density at radius 1 is 1.04 bits per heavy atom. The van der Waals surface area contributed by atoms with Crippen LogP contribution in [0.4, 0.5) is 0 Å². The molecule has 2 aromatic heterocycles. The SMILES string of the molecule is O=C(O)c1nn(Cc2ncc(-c3ccccc3)o2)c(=O)c2ccccc12. The van der Waals surface area contributed by atoms with Crippen molar-refractivity contribution in [1.29, 1.82) is 0 Å². The molecule has 128 valence electrons. The Hall–Kier alpha value is -3.74. The summed E-state index contributed by atoms with van der Waals surface area (Å²) in [5, 5.41) is 14.0. The van der Waals surface area contributed by atoms with Gasteiger partial charge in [0.1, 0.15) is 6.54 Å². The fraction of sp³-hybridized carbons (Fsp3) is 0.0526. The van der Waals surface area contributed by atoms with E-state index in [2.05, 4.69) is 10.1 Å². The number of aromatic nitrogens is 3. The molecule has 0 saturated carbocycles. The molecule has 4 rings (SSSR count). The average Bonchev–Trinajstić information content (AvgIpc) is 3.13. The van der Waals surface area contributed by atoms with E-state index in [4.69, 9.17) is 4.42 Å². The Balaban J connectivity index is 1.76. The molecule has 4 aromatic rings. The molecule has 0 fully saturated rings. The van der Waals surface area contributed by atoms with E-state index in [9.17, 15) is 14.7 Å². The summed E-state index contributed by atoms with van der Waals surface area (Å²) in [6, 6.07) is 15.9. The second-order valence-electron chi connectivity index (χ2n) is 5.65. The third-order valence-corrected chi connectivity index (χ3v) is 3.97. The van der Waals surface area contributed by atoms with Gasteiger partial charge in [0.05, 0.1) is 11.6 Å². The molecule has 0 spiro atoms. The van der Waals surface area contributed by atoms with Gasteiger partial charge < -0.3 is 9.52 Å². The van der Waals surface area contributed by atoms with Crippen molar-refractivity contribution in [3.63, 3.8) is 0 Å². The van der Waals surface area contributed by atoms with Crippen molar-refractivity contribution in [1.82, 2.24) is 14.8 Å². The molecule has 0 atom stereocenters. The Morgan fingerprint density at radius 3 is 2.46 bits per heavy atom. The minimum absolute atomic E-state index is 0.0587. The molecule has 0 amide bonds. The van der Waals surface area contributed by atoms with Crippen LogP contribution >= 0.6 is 0 Å². The van der Waals surface area contributed by atoms with Crippen molar-refractivity contribution in [3.8, 4) is 11.3 Å². The van der Waals surface area contributed by atoms with E-state index in [1.165, 1.54) is 0 Å². The van der Waals surface area contributed by atoms with Gasteiger partial charge in [0.2, 0.25) is 5.89 Å². The summed E-state index contributed by atoms with van der Waals surface area (Å²) in [7, 11) is 0. The quantitative estimate of drug-likeness (QED) is 0.609. The van der Waals surface area contributed by atoms with Crippen LogP contribution in [0.15, 0.2) is 70.0 Å². The van der Waals surface area contributed by atoms with Gasteiger partial charge in [0.15, 0.2) is 11.5 Å². The number of hydrogen-bond donors (Lipinski definition) is 1. The predicted molar refractivity (Wildman–Crippen MR) is 94.0 cm³/mol. The molecular weight excluding hydrogens is 334 g/mol. The molecular formula is C19H13N3O4. The van der Waals surface area contributed by atoms with Gasteiger partial charge in [0, 0.05) is 10.9 Å². The van der Waals surface area contributed by atoms with Crippen molar-refractivity contribution in [2.75, 3.05) is 0 Å². The molecule has 7 heteroatoms. The lowest BCUT2D eigenvalue weighted by Gasteiger charge is -2.07. The first-order valence-electron chi connectivity index (χ1n) is 7.87. The largest absolute Gasteiger partial charge is 0.476 e. The van der Waals surface area contributed by atoms with Crippen molar-refractivity contribution in [2.45, 2.75) is 6.54 Å². The van der Waals surface area contributed by atoms with Crippen LogP contribution < -0.4 is 5.56 Å². The summed E-state index contributed by atoms with van der Waals surface area (Å²) in [6.45, 7) is -0.0587. The third-order valence-electron chi connectivity index (χ3n) is 3.97. The monoisotopic (exact) mass is 347 g/mol. The zero-order valence-electron chi connectivity index (χ0n) is 13.5. The fourth-order valence-corrected chi connectivity index (χ4v) is 2.75. The lowest BCUT2D eigenvalue weighted by atomic mass is 10.1. The van der Waals surface area contributed by atoms with Gasteiger partial charge in [-0.05, 0) is 6.07 Å². The van der Waals surface area contributed by atoms with Gasteiger partial charge in [-0.2, -0.15) is 5.10 Å². The number of aromatic carboxylic acids is 1. The zero-order valence-corrected chi connectivity index (χ0v) is 13.5. The van der Waals surface area contributed by atoms with E-state index in [1.807, 2.05) is 30.3 Å². The van der Waals surface area contributed by atoms with Gasteiger partial charge in [-0.1, -0.05) is 48.5 Å². The summed E-state index contributed by atoms with van der Waals surface area (Å²) in [5.74, 6) is -0.370. The standard InChI is InChI=1S/C19H13N3O4/c23-18-14-9-5-4-8-13(14)17(19(24)25)21-22(18)11-16-20-10-15(26-16)12-6-2-1-3-7-12/h1-10H,11H2,(H,24,25). The van der Waals surface area contributed by atoms with E-state index >= 15 is 0 Å². The first kappa shape index (κ1) is 15.8. The third kappa shape index (κ3) is 2.75. The van der Waals surface area contributed by atoms with Crippen molar-refractivity contribution in [3.05, 3.63) is 82.7 Å². The Kier molecular flexibility index (Phi) is 3.81. The van der Waals surface area contributed by atoms with E-state index in [1.54, 1.807) is 30.5 Å². The minimum Gasteiger partial charge on any atom is -0.476 e. The number of benzene rings is 2. The smallest absolute Gasteiger partial charge is 0.357 e. The Labute approximate surface area is 147 Å². The van der Waals surface area contributed by atoms with Gasteiger partial charge in [-0.15, -0.1) is 0 Å². The maximum atomic E-state index is 12.6. The molecule has 26 heavy (non-hydrogen) atoms. The highest BCUT2D eigenvalue weighted by Gasteiger charge is 2.17. The van der Waals surface area contributed by atoms with Crippen LogP contribution in [-0.2, 0) is 6.54 Å².